The van der Waals surface area contributed by atoms with Gasteiger partial charge in [-0.25, -0.2) is 4.39 Å². The Morgan fingerprint density at radius 1 is 1.38 bits per heavy atom. The van der Waals surface area contributed by atoms with Crippen molar-refractivity contribution in [3.63, 3.8) is 0 Å². The van der Waals surface area contributed by atoms with Crippen LogP contribution in [0.2, 0.25) is 0 Å². The Labute approximate surface area is 121 Å². The van der Waals surface area contributed by atoms with Gasteiger partial charge in [-0.2, -0.15) is 5.10 Å². The van der Waals surface area contributed by atoms with E-state index in [0.717, 1.165) is 5.39 Å². The average Bonchev–Trinajstić information content (AvgIpc) is 2.96. The molecule has 1 aromatic carbocycles. The quantitative estimate of drug-likeness (QED) is 0.723. The van der Waals surface area contributed by atoms with Crippen LogP contribution < -0.4 is 11.1 Å². The van der Waals surface area contributed by atoms with Crippen molar-refractivity contribution in [2.75, 3.05) is 11.1 Å². The van der Waals surface area contributed by atoms with Crippen LogP contribution >= 0.6 is 0 Å². The zero-order valence-electron chi connectivity index (χ0n) is 11.6. The SMILES string of the molecule is CC(Cn1cccn1)Nc1c(F)cc(N)c2cccnc12. The molecule has 108 valence electrons. The molecule has 0 aliphatic rings. The number of nitrogens with one attached hydrogen (secondary N) is 1. The van der Waals surface area contributed by atoms with Gasteiger partial charge in [0.1, 0.15) is 0 Å². The van der Waals surface area contributed by atoms with E-state index >= 15 is 0 Å². The lowest BCUT2D eigenvalue weighted by Crippen LogP contribution is -2.23. The standard InChI is InChI=1S/C15H16FN5/c1-10(9-21-7-3-6-19-21)20-15-12(16)8-13(17)11-4-2-5-18-14(11)15/h2-8,10,20H,9,17H2,1H3. The highest BCUT2D eigenvalue weighted by molar-refractivity contribution is 5.98. The van der Waals surface area contributed by atoms with E-state index in [-0.39, 0.29) is 6.04 Å². The minimum atomic E-state index is -0.397. The minimum absolute atomic E-state index is 0.00627. The molecule has 0 saturated carbocycles. The van der Waals surface area contributed by atoms with Crippen molar-refractivity contribution >= 4 is 22.3 Å². The molecule has 0 saturated heterocycles. The highest BCUT2D eigenvalue weighted by Crippen LogP contribution is 2.30. The zero-order valence-corrected chi connectivity index (χ0v) is 11.6. The van der Waals surface area contributed by atoms with Crippen molar-refractivity contribution in [2.45, 2.75) is 19.5 Å². The van der Waals surface area contributed by atoms with Crippen LogP contribution in [0.4, 0.5) is 15.8 Å². The first-order chi connectivity index (χ1) is 10.1. The number of nitrogens with zero attached hydrogens (tertiary/aromatic N) is 3. The molecule has 0 radical (unpaired) electrons. The molecule has 1 unspecified atom stereocenters. The van der Waals surface area contributed by atoms with Crippen molar-refractivity contribution in [1.29, 1.82) is 0 Å². The van der Waals surface area contributed by atoms with Gasteiger partial charge < -0.3 is 11.1 Å². The van der Waals surface area contributed by atoms with Gasteiger partial charge in [0.25, 0.3) is 0 Å². The third-order valence-electron chi connectivity index (χ3n) is 3.29. The predicted molar refractivity (Wildman–Crippen MR) is 81.4 cm³/mol. The molecule has 6 heteroatoms. The Kier molecular flexibility index (Phi) is 3.43. The normalized spacial score (nSPS) is 12.5. The first-order valence-corrected chi connectivity index (χ1v) is 6.72. The first kappa shape index (κ1) is 13.4. The second-order valence-corrected chi connectivity index (χ2v) is 5.00. The lowest BCUT2D eigenvalue weighted by atomic mass is 10.1. The summed E-state index contributed by atoms with van der Waals surface area (Å²) in [6, 6.07) is 6.79. The van der Waals surface area contributed by atoms with Gasteiger partial charge in [0.05, 0.1) is 17.7 Å². The second-order valence-electron chi connectivity index (χ2n) is 5.00. The summed E-state index contributed by atoms with van der Waals surface area (Å²) in [5.41, 5.74) is 7.15. The number of pyridine rings is 1. The number of nitrogen functional groups attached to an aromatic ring is 1. The monoisotopic (exact) mass is 285 g/mol. The maximum absolute atomic E-state index is 14.2. The van der Waals surface area contributed by atoms with E-state index in [4.69, 9.17) is 5.73 Å². The van der Waals surface area contributed by atoms with Crippen LogP contribution in [0.3, 0.4) is 0 Å². The molecule has 21 heavy (non-hydrogen) atoms. The molecule has 1 atom stereocenters. The summed E-state index contributed by atoms with van der Waals surface area (Å²) in [6.07, 6.45) is 5.21. The van der Waals surface area contributed by atoms with Gasteiger partial charge in [0.15, 0.2) is 5.82 Å². The molecule has 0 aliphatic heterocycles. The summed E-state index contributed by atoms with van der Waals surface area (Å²) in [4.78, 5) is 4.25. The molecule has 0 bridgehead atoms. The van der Waals surface area contributed by atoms with Gasteiger partial charge in [0.2, 0.25) is 0 Å². The number of halogens is 1. The van der Waals surface area contributed by atoms with E-state index in [0.29, 0.717) is 23.4 Å². The van der Waals surface area contributed by atoms with Crippen LogP contribution in [0.15, 0.2) is 42.9 Å². The Balaban J connectivity index is 1.93. The second kappa shape index (κ2) is 5.40. The molecule has 0 aliphatic carbocycles. The first-order valence-electron chi connectivity index (χ1n) is 6.72. The maximum atomic E-state index is 14.2. The van der Waals surface area contributed by atoms with E-state index in [1.54, 1.807) is 23.1 Å². The largest absolute Gasteiger partial charge is 0.398 e. The van der Waals surface area contributed by atoms with Gasteiger partial charge in [-0.15, -0.1) is 0 Å². The van der Waals surface area contributed by atoms with E-state index < -0.39 is 5.82 Å². The minimum Gasteiger partial charge on any atom is -0.398 e. The Bertz CT molecular complexity index is 754. The molecule has 0 fully saturated rings. The highest BCUT2D eigenvalue weighted by atomic mass is 19.1. The van der Waals surface area contributed by atoms with Crippen molar-refractivity contribution in [2.24, 2.45) is 0 Å². The Hall–Kier alpha value is -2.63. The fraction of sp³-hybridized carbons (Fsp3) is 0.200. The molecule has 2 aromatic heterocycles. The number of rotatable bonds is 4. The lowest BCUT2D eigenvalue weighted by Gasteiger charge is -2.18. The molecule has 3 N–H and O–H groups in total. The smallest absolute Gasteiger partial charge is 0.150 e. The highest BCUT2D eigenvalue weighted by Gasteiger charge is 2.14. The third-order valence-corrected chi connectivity index (χ3v) is 3.29. The van der Waals surface area contributed by atoms with Crippen LogP contribution in [0.25, 0.3) is 10.9 Å². The molecule has 0 amide bonds. The summed E-state index contributed by atoms with van der Waals surface area (Å²) in [5, 5.41) is 8.05. The van der Waals surface area contributed by atoms with Gasteiger partial charge >= 0.3 is 0 Å². The van der Waals surface area contributed by atoms with E-state index in [1.165, 1.54) is 6.07 Å². The van der Waals surface area contributed by atoms with Crippen LogP contribution in [0.1, 0.15) is 6.92 Å². The molecule has 5 nitrogen and oxygen atoms in total. The summed E-state index contributed by atoms with van der Waals surface area (Å²) >= 11 is 0. The fourth-order valence-electron chi connectivity index (χ4n) is 2.36. The molecular formula is C15H16FN5. The number of anilines is 2. The van der Waals surface area contributed by atoms with Gasteiger partial charge in [-0.3, -0.25) is 9.67 Å². The van der Waals surface area contributed by atoms with Crippen molar-refractivity contribution in [3.05, 3.63) is 48.7 Å². The van der Waals surface area contributed by atoms with E-state index in [9.17, 15) is 4.39 Å². The number of fused-ring (bicyclic) bond motifs is 1. The van der Waals surface area contributed by atoms with Crippen LogP contribution in [0.5, 0.6) is 0 Å². The summed E-state index contributed by atoms with van der Waals surface area (Å²) < 4.78 is 16.0. The Morgan fingerprint density at radius 3 is 3.00 bits per heavy atom. The van der Waals surface area contributed by atoms with Gasteiger partial charge in [0, 0.05) is 35.7 Å². The molecule has 2 heterocycles. The number of nitrogens with two attached hydrogens (primary N) is 1. The molecule has 3 rings (SSSR count). The number of hydrogen-bond donors (Lipinski definition) is 2. The number of aromatic nitrogens is 3. The summed E-state index contributed by atoms with van der Waals surface area (Å²) in [5.74, 6) is -0.397. The van der Waals surface area contributed by atoms with Crippen LogP contribution in [-0.2, 0) is 6.54 Å². The average molecular weight is 285 g/mol. The van der Waals surface area contributed by atoms with Crippen molar-refractivity contribution in [1.82, 2.24) is 14.8 Å². The maximum Gasteiger partial charge on any atom is 0.150 e. The number of hydrogen-bond acceptors (Lipinski definition) is 4. The summed E-state index contributed by atoms with van der Waals surface area (Å²) in [6.45, 7) is 2.59. The van der Waals surface area contributed by atoms with Crippen LogP contribution in [0, 0.1) is 5.82 Å². The fourth-order valence-corrected chi connectivity index (χ4v) is 2.36. The number of benzene rings is 1. The molecular weight excluding hydrogens is 269 g/mol. The van der Waals surface area contributed by atoms with E-state index in [2.05, 4.69) is 15.4 Å². The topological polar surface area (TPSA) is 68.8 Å². The molecule has 3 aromatic rings. The zero-order chi connectivity index (χ0) is 14.8. The predicted octanol–water partition coefficient (Wildman–Crippen LogP) is 2.65. The van der Waals surface area contributed by atoms with Crippen molar-refractivity contribution in [3.8, 4) is 0 Å². The van der Waals surface area contributed by atoms with Crippen molar-refractivity contribution < 1.29 is 4.39 Å². The van der Waals surface area contributed by atoms with E-state index in [1.807, 2.05) is 25.3 Å². The van der Waals surface area contributed by atoms with Crippen LogP contribution in [-0.4, -0.2) is 20.8 Å². The molecule has 0 spiro atoms. The van der Waals surface area contributed by atoms with Gasteiger partial charge in [-0.1, -0.05) is 0 Å². The Morgan fingerprint density at radius 2 is 2.24 bits per heavy atom. The summed E-state index contributed by atoms with van der Waals surface area (Å²) in [7, 11) is 0. The van der Waals surface area contributed by atoms with Gasteiger partial charge in [-0.05, 0) is 31.2 Å². The lowest BCUT2D eigenvalue weighted by molar-refractivity contribution is 0.556. The third kappa shape index (κ3) is 2.65.